The average Bonchev–Trinajstić information content (AvgIpc) is 3.42. The van der Waals surface area contributed by atoms with Crippen molar-refractivity contribution in [3.05, 3.63) is 97.2 Å². The Balaban J connectivity index is 2.72. The number of esters is 3. The Hall–Kier alpha value is -4.36. The van der Waals surface area contributed by atoms with E-state index >= 15 is 0 Å². The summed E-state index contributed by atoms with van der Waals surface area (Å²) < 4.78 is 28.3. The highest BCUT2D eigenvalue weighted by Crippen LogP contribution is 2.26. The number of hydrogen-bond acceptors (Lipinski definition) is 11. The van der Waals surface area contributed by atoms with Crippen LogP contribution in [0.4, 0.5) is 0 Å². The molecule has 77 heavy (non-hydrogen) atoms. The molecular formula is C65H106O12. The van der Waals surface area contributed by atoms with Crippen molar-refractivity contribution < 1.29 is 58.2 Å². The summed E-state index contributed by atoms with van der Waals surface area (Å²) in [7, 11) is 0. The van der Waals surface area contributed by atoms with Gasteiger partial charge in [0.25, 0.3) is 0 Å². The molecular weight excluding hydrogens is 973 g/mol. The van der Waals surface area contributed by atoms with Gasteiger partial charge in [-0.3, -0.25) is 14.4 Å². The third-order valence-electron chi connectivity index (χ3n) is 13.1. The van der Waals surface area contributed by atoms with Crippen molar-refractivity contribution in [2.24, 2.45) is 0 Å². The van der Waals surface area contributed by atoms with Gasteiger partial charge in [0.05, 0.1) is 6.61 Å². The molecule has 1 saturated heterocycles. The number of hydrogen-bond donors (Lipinski definition) is 3. The van der Waals surface area contributed by atoms with Gasteiger partial charge in [0.15, 0.2) is 24.6 Å². The standard InChI is InChI=1S/C65H106O12/c1-4-7-10-13-16-19-22-25-27-28-29-30-32-35-38-41-44-47-50-53-59(68)76-63-61(70)60(69)62(64(71)72)77-65(63)74-55-56(75-58(67)52-49-46-43-40-37-33-24-21-18-15-12-9-6-3)54-73-57(66)51-48-45-42-39-36-34-31-26-23-20-17-14-11-8-5-2/h9,12,16,18-19,21,25-27,29-31,33,37,43,46,56,60-63,65,69-70H,4-8,10-11,13-15,17,20,22-24,28,32,34-36,38-42,44-45,47-55H2,1-3H3,(H,71,72)/b12-9-,19-16-,21-18-,27-25-,30-29-,31-26-,37-33-,46-43-. The molecule has 438 valence electrons. The Morgan fingerprint density at radius 1 is 0.442 bits per heavy atom. The molecule has 0 aromatic rings. The number of carboxylic acid groups (broad SMARTS) is 1. The fourth-order valence-electron chi connectivity index (χ4n) is 8.50. The molecule has 1 heterocycles. The number of aliphatic hydroxyl groups is 2. The zero-order chi connectivity index (χ0) is 56.1. The van der Waals surface area contributed by atoms with Gasteiger partial charge in [0.2, 0.25) is 0 Å². The predicted octanol–water partition coefficient (Wildman–Crippen LogP) is 15.7. The Kier molecular flexibility index (Phi) is 48.0. The first-order valence-electron chi connectivity index (χ1n) is 30.2. The second kappa shape index (κ2) is 52.3. The highest BCUT2D eigenvalue weighted by atomic mass is 16.7. The number of rotatable bonds is 50. The van der Waals surface area contributed by atoms with Gasteiger partial charge in [-0.2, -0.15) is 0 Å². The zero-order valence-corrected chi connectivity index (χ0v) is 48.2. The fourth-order valence-corrected chi connectivity index (χ4v) is 8.50. The molecule has 1 fully saturated rings. The Bertz CT molecular complexity index is 1710. The molecule has 6 unspecified atom stereocenters. The van der Waals surface area contributed by atoms with Gasteiger partial charge in [-0.1, -0.05) is 208 Å². The van der Waals surface area contributed by atoms with Crippen molar-refractivity contribution in [2.75, 3.05) is 13.2 Å². The van der Waals surface area contributed by atoms with Crippen molar-refractivity contribution in [3.63, 3.8) is 0 Å². The van der Waals surface area contributed by atoms with E-state index in [9.17, 15) is 34.5 Å². The molecule has 0 bridgehead atoms. The molecule has 0 aromatic heterocycles. The smallest absolute Gasteiger partial charge is 0.335 e. The summed E-state index contributed by atoms with van der Waals surface area (Å²) in [5.41, 5.74) is 0. The quantitative estimate of drug-likeness (QED) is 0.0228. The maximum atomic E-state index is 13.1. The lowest BCUT2D eigenvalue weighted by atomic mass is 9.98. The second-order valence-corrected chi connectivity index (χ2v) is 20.2. The van der Waals surface area contributed by atoms with Crippen LogP contribution in [-0.2, 0) is 42.9 Å². The van der Waals surface area contributed by atoms with Gasteiger partial charge in [0.1, 0.15) is 18.8 Å². The normalized spacial score (nSPS) is 18.7. The van der Waals surface area contributed by atoms with E-state index in [1.165, 1.54) is 57.8 Å². The second-order valence-electron chi connectivity index (χ2n) is 20.2. The summed E-state index contributed by atoms with van der Waals surface area (Å²) in [5, 5.41) is 31.5. The van der Waals surface area contributed by atoms with E-state index in [4.69, 9.17) is 23.7 Å². The molecule has 6 atom stereocenters. The number of allylic oxidation sites excluding steroid dienone is 16. The number of carbonyl (C=O) groups excluding carboxylic acids is 3. The van der Waals surface area contributed by atoms with E-state index in [-0.39, 0.29) is 25.9 Å². The molecule has 0 aliphatic carbocycles. The molecule has 1 aliphatic rings. The summed E-state index contributed by atoms with van der Waals surface area (Å²) in [5.74, 6) is -3.26. The molecule has 0 radical (unpaired) electrons. The summed E-state index contributed by atoms with van der Waals surface area (Å²) in [6, 6.07) is 0. The number of carboxylic acids is 1. The molecule has 3 N–H and O–H groups in total. The van der Waals surface area contributed by atoms with Crippen LogP contribution >= 0.6 is 0 Å². The van der Waals surface area contributed by atoms with E-state index in [1.807, 2.05) is 12.2 Å². The van der Waals surface area contributed by atoms with Gasteiger partial charge >= 0.3 is 23.9 Å². The maximum Gasteiger partial charge on any atom is 0.335 e. The van der Waals surface area contributed by atoms with E-state index < -0.39 is 67.3 Å². The van der Waals surface area contributed by atoms with Crippen LogP contribution in [0.25, 0.3) is 0 Å². The van der Waals surface area contributed by atoms with Crippen molar-refractivity contribution in [3.8, 4) is 0 Å². The SMILES string of the molecule is CC/C=C\C/C=C\C/C=C\C/C=C\CCC(=O)OC(COC(=O)CCCCCCC/C=C\CCCCCCCC)COC1OC(C(=O)O)C(O)C(O)C1OC(=O)CCCCCCCC/C=C\C/C=C\C/C=C\CCCCC. The Morgan fingerprint density at radius 3 is 1.34 bits per heavy atom. The van der Waals surface area contributed by atoms with Gasteiger partial charge < -0.3 is 39.0 Å². The topological polar surface area (TPSA) is 175 Å². The predicted molar refractivity (Wildman–Crippen MR) is 312 cm³/mol. The lowest BCUT2D eigenvalue weighted by Crippen LogP contribution is -2.61. The largest absolute Gasteiger partial charge is 0.479 e. The Morgan fingerprint density at radius 2 is 0.844 bits per heavy atom. The van der Waals surface area contributed by atoms with Gasteiger partial charge in [0, 0.05) is 19.3 Å². The monoisotopic (exact) mass is 1080 g/mol. The third-order valence-corrected chi connectivity index (χ3v) is 13.1. The van der Waals surface area contributed by atoms with E-state index in [0.29, 0.717) is 25.7 Å². The first-order chi connectivity index (χ1) is 37.6. The lowest BCUT2D eigenvalue weighted by Gasteiger charge is -2.40. The molecule has 0 amide bonds. The van der Waals surface area contributed by atoms with Crippen molar-refractivity contribution in [1.82, 2.24) is 0 Å². The van der Waals surface area contributed by atoms with E-state index in [1.54, 1.807) is 0 Å². The van der Waals surface area contributed by atoms with E-state index in [2.05, 4.69) is 106 Å². The molecule has 0 spiro atoms. The van der Waals surface area contributed by atoms with Crippen LogP contribution in [0.3, 0.4) is 0 Å². The number of aliphatic carboxylic acids is 1. The van der Waals surface area contributed by atoms with Crippen LogP contribution in [0.5, 0.6) is 0 Å². The Labute approximate surface area is 466 Å². The first kappa shape index (κ1) is 70.7. The zero-order valence-electron chi connectivity index (χ0n) is 48.2. The van der Waals surface area contributed by atoms with Crippen LogP contribution in [0, 0.1) is 0 Å². The van der Waals surface area contributed by atoms with Crippen molar-refractivity contribution in [1.29, 1.82) is 0 Å². The molecule has 0 aromatic carbocycles. The summed E-state index contributed by atoms with van der Waals surface area (Å²) in [6.07, 6.45) is 56.7. The van der Waals surface area contributed by atoms with Gasteiger partial charge in [-0.25, -0.2) is 4.79 Å². The highest BCUT2D eigenvalue weighted by molar-refractivity contribution is 5.74. The summed E-state index contributed by atoms with van der Waals surface area (Å²) in [4.78, 5) is 51.1. The summed E-state index contributed by atoms with van der Waals surface area (Å²) >= 11 is 0. The van der Waals surface area contributed by atoms with Crippen LogP contribution in [-0.4, -0.2) is 89.2 Å². The lowest BCUT2D eigenvalue weighted by molar-refractivity contribution is -0.301. The maximum absolute atomic E-state index is 13.1. The minimum absolute atomic E-state index is 0.0332. The number of unbranched alkanes of at least 4 members (excludes halogenated alkanes) is 20. The van der Waals surface area contributed by atoms with Crippen LogP contribution in [0.1, 0.15) is 239 Å². The molecule has 1 rings (SSSR count). The summed E-state index contributed by atoms with van der Waals surface area (Å²) in [6.45, 7) is 5.77. The van der Waals surface area contributed by atoms with Crippen molar-refractivity contribution in [2.45, 2.75) is 276 Å². The molecule has 0 saturated carbocycles. The number of ether oxygens (including phenoxy) is 5. The first-order valence-corrected chi connectivity index (χ1v) is 30.2. The molecule has 12 heteroatoms. The fraction of sp³-hybridized carbons (Fsp3) is 0.692. The van der Waals surface area contributed by atoms with Gasteiger partial charge in [-0.05, 0) is 109 Å². The molecule has 1 aliphatic heterocycles. The highest BCUT2D eigenvalue weighted by Gasteiger charge is 2.50. The average molecular weight is 1080 g/mol. The van der Waals surface area contributed by atoms with E-state index in [0.717, 1.165) is 116 Å². The van der Waals surface area contributed by atoms with Crippen LogP contribution < -0.4 is 0 Å². The van der Waals surface area contributed by atoms with Crippen molar-refractivity contribution >= 4 is 23.9 Å². The van der Waals surface area contributed by atoms with Gasteiger partial charge in [-0.15, -0.1) is 0 Å². The number of carbonyl (C=O) groups is 4. The minimum Gasteiger partial charge on any atom is -0.479 e. The molecule has 12 nitrogen and oxygen atoms in total. The van der Waals surface area contributed by atoms with Crippen LogP contribution in [0.2, 0.25) is 0 Å². The minimum atomic E-state index is -1.92. The third kappa shape index (κ3) is 42.3. The number of aliphatic hydroxyl groups excluding tert-OH is 2. The van der Waals surface area contributed by atoms with Crippen LogP contribution in [0.15, 0.2) is 97.2 Å².